The summed E-state index contributed by atoms with van der Waals surface area (Å²) in [5, 5.41) is 9.87. The van der Waals surface area contributed by atoms with Crippen LogP contribution in [0.1, 0.15) is 25.0 Å². The Morgan fingerprint density at radius 3 is 2.54 bits per heavy atom. The summed E-state index contributed by atoms with van der Waals surface area (Å²) in [4.78, 5) is 0. The maximum Gasteiger partial charge on any atom is 0.0818 e. The highest BCUT2D eigenvalue weighted by Crippen LogP contribution is 2.23. The molecular formula is C12H16O. The molecule has 1 N–H and O–H groups in total. The minimum atomic E-state index is -0.376. The van der Waals surface area contributed by atoms with Gasteiger partial charge in [0.25, 0.3) is 0 Å². The van der Waals surface area contributed by atoms with Gasteiger partial charge in [-0.25, -0.2) is 0 Å². The monoisotopic (exact) mass is 176 g/mol. The van der Waals surface area contributed by atoms with Crippen molar-refractivity contribution in [2.45, 2.75) is 19.4 Å². The van der Waals surface area contributed by atoms with Crippen LogP contribution in [0.5, 0.6) is 0 Å². The van der Waals surface area contributed by atoms with E-state index in [9.17, 15) is 5.11 Å². The Labute approximate surface area is 79.7 Å². The first-order valence-electron chi connectivity index (χ1n) is 4.59. The second-order valence-electron chi connectivity index (χ2n) is 3.36. The lowest BCUT2D eigenvalue weighted by molar-refractivity contribution is 0.119. The van der Waals surface area contributed by atoms with E-state index in [-0.39, 0.29) is 12.0 Å². The van der Waals surface area contributed by atoms with Crippen molar-refractivity contribution in [3.8, 4) is 0 Å². The van der Waals surface area contributed by atoms with E-state index in [0.29, 0.717) is 0 Å². The Hall–Kier alpha value is -1.08. The average molecular weight is 176 g/mol. The summed E-state index contributed by atoms with van der Waals surface area (Å²) in [6, 6.07) is 9.74. The van der Waals surface area contributed by atoms with Gasteiger partial charge in [0, 0.05) is 0 Å². The van der Waals surface area contributed by atoms with Gasteiger partial charge in [0.05, 0.1) is 6.10 Å². The highest BCUT2D eigenvalue weighted by molar-refractivity contribution is 5.17. The molecule has 0 amide bonds. The van der Waals surface area contributed by atoms with Crippen molar-refractivity contribution < 1.29 is 5.11 Å². The molecule has 0 aliphatic rings. The van der Waals surface area contributed by atoms with E-state index in [2.05, 4.69) is 6.58 Å². The topological polar surface area (TPSA) is 20.2 Å². The van der Waals surface area contributed by atoms with Crippen LogP contribution in [0.2, 0.25) is 0 Å². The number of rotatable bonds is 4. The van der Waals surface area contributed by atoms with Gasteiger partial charge in [-0.2, -0.15) is 0 Å². The second-order valence-corrected chi connectivity index (χ2v) is 3.36. The van der Waals surface area contributed by atoms with Crippen molar-refractivity contribution in [3.63, 3.8) is 0 Å². The summed E-state index contributed by atoms with van der Waals surface area (Å²) in [7, 11) is 0. The number of aliphatic hydroxyl groups is 1. The van der Waals surface area contributed by atoms with E-state index in [0.717, 1.165) is 12.0 Å². The Balaban J connectivity index is 2.67. The molecule has 0 fully saturated rings. The number of hydrogen-bond donors (Lipinski definition) is 1. The highest BCUT2D eigenvalue weighted by Gasteiger charge is 2.13. The van der Waals surface area contributed by atoms with E-state index in [4.69, 9.17) is 0 Å². The molecule has 2 atom stereocenters. The van der Waals surface area contributed by atoms with Gasteiger partial charge in [-0.1, -0.05) is 43.3 Å². The minimum absolute atomic E-state index is 0.236. The van der Waals surface area contributed by atoms with Crippen molar-refractivity contribution in [1.29, 1.82) is 0 Å². The fraction of sp³-hybridized carbons (Fsp3) is 0.333. The number of hydrogen-bond acceptors (Lipinski definition) is 1. The highest BCUT2D eigenvalue weighted by atomic mass is 16.3. The van der Waals surface area contributed by atoms with Crippen LogP contribution in [0.4, 0.5) is 0 Å². The lowest BCUT2D eigenvalue weighted by atomic mass is 9.95. The molecule has 0 spiro atoms. The summed E-state index contributed by atoms with van der Waals surface area (Å²) in [6.45, 7) is 5.69. The molecular weight excluding hydrogens is 160 g/mol. The molecule has 0 aliphatic heterocycles. The molecule has 0 radical (unpaired) electrons. The zero-order chi connectivity index (χ0) is 9.68. The van der Waals surface area contributed by atoms with E-state index in [1.165, 1.54) is 0 Å². The fourth-order valence-corrected chi connectivity index (χ4v) is 1.37. The summed E-state index contributed by atoms with van der Waals surface area (Å²) in [5.41, 5.74) is 0.983. The van der Waals surface area contributed by atoms with E-state index < -0.39 is 0 Å². The molecule has 1 rings (SSSR count). The van der Waals surface area contributed by atoms with Crippen molar-refractivity contribution in [2.75, 3.05) is 0 Å². The van der Waals surface area contributed by atoms with Crippen LogP contribution in [0, 0.1) is 5.92 Å². The van der Waals surface area contributed by atoms with Gasteiger partial charge >= 0.3 is 0 Å². The molecule has 1 heteroatoms. The number of aliphatic hydroxyl groups excluding tert-OH is 1. The van der Waals surface area contributed by atoms with E-state index >= 15 is 0 Å². The molecule has 0 saturated carbocycles. The largest absolute Gasteiger partial charge is 0.388 e. The first-order valence-corrected chi connectivity index (χ1v) is 4.59. The summed E-state index contributed by atoms with van der Waals surface area (Å²) in [6.07, 6.45) is 2.31. The quantitative estimate of drug-likeness (QED) is 0.699. The molecule has 70 valence electrons. The lowest BCUT2D eigenvalue weighted by Gasteiger charge is -2.17. The van der Waals surface area contributed by atoms with Gasteiger partial charge in [0.1, 0.15) is 0 Å². The van der Waals surface area contributed by atoms with Crippen molar-refractivity contribution in [1.82, 2.24) is 0 Å². The fourth-order valence-electron chi connectivity index (χ4n) is 1.37. The second kappa shape index (κ2) is 4.83. The van der Waals surface area contributed by atoms with Gasteiger partial charge in [0.15, 0.2) is 0 Å². The predicted molar refractivity (Wildman–Crippen MR) is 55.4 cm³/mol. The summed E-state index contributed by atoms with van der Waals surface area (Å²) < 4.78 is 0. The molecule has 0 unspecified atom stereocenters. The standard InChI is InChI=1S/C12H16O/c1-3-7-10(2)12(13)11-8-5-4-6-9-11/h3-6,8-10,12-13H,1,7H2,2H3/t10-,12+/m0/s1. The van der Waals surface area contributed by atoms with E-state index in [1.54, 1.807) is 0 Å². The minimum Gasteiger partial charge on any atom is -0.388 e. The van der Waals surface area contributed by atoms with Crippen LogP contribution < -0.4 is 0 Å². The van der Waals surface area contributed by atoms with Gasteiger partial charge in [-0.3, -0.25) is 0 Å². The molecule has 1 nitrogen and oxygen atoms in total. The van der Waals surface area contributed by atoms with Gasteiger partial charge < -0.3 is 5.11 Å². The molecule has 13 heavy (non-hydrogen) atoms. The zero-order valence-corrected chi connectivity index (χ0v) is 7.98. The first-order chi connectivity index (χ1) is 6.25. The van der Waals surface area contributed by atoms with Crippen LogP contribution in [-0.4, -0.2) is 5.11 Å². The normalized spacial score (nSPS) is 14.9. The molecule has 0 bridgehead atoms. The molecule has 0 saturated heterocycles. The number of benzene rings is 1. The van der Waals surface area contributed by atoms with Crippen LogP contribution in [0.15, 0.2) is 43.0 Å². The average Bonchev–Trinajstić information content (AvgIpc) is 2.18. The maximum atomic E-state index is 9.87. The van der Waals surface area contributed by atoms with Crippen LogP contribution >= 0.6 is 0 Å². The molecule has 1 aromatic carbocycles. The summed E-state index contributed by atoms with van der Waals surface area (Å²) in [5.74, 6) is 0.236. The third-order valence-corrected chi connectivity index (χ3v) is 2.22. The third-order valence-electron chi connectivity index (χ3n) is 2.22. The molecule has 0 heterocycles. The third kappa shape index (κ3) is 2.71. The molecule has 0 aliphatic carbocycles. The van der Waals surface area contributed by atoms with Crippen LogP contribution in [-0.2, 0) is 0 Å². The van der Waals surface area contributed by atoms with Crippen LogP contribution in [0.25, 0.3) is 0 Å². The first kappa shape index (κ1) is 10.0. The Morgan fingerprint density at radius 2 is 2.00 bits per heavy atom. The van der Waals surface area contributed by atoms with Crippen molar-refractivity contribution in [2.24, 2.45) is 5.92 Å². The zero-order valence-electron chi connectivity index (χ0n) is 7.98. The van der Waals surface area contributed by atoms with Crippen molar-refractivity contribution in [3.05, 3.63) is 48.6 Å². The molecule has 1 aromatic rings. The van der Waals surface area contributed by atoms with Gasteiger partial charge in [0.2, 0.25) is 0 Å². The summed E-state index contributed by atoms with van der Waals surface area (Å²) >= 11 is 0. The van der Waals surface area contributed by atoms with Crippen LogP contribution in [0.3, 0.4) is 0 Å². The smallest absolute Gasteiger partial charge is 0.0818 e. The Morgan fingerprint density at radius 1 is 1.38 bits per heavy atom. The lowest BCUT2D eigenvalue weighted by Crippen LogP contribution is -2.07. The Bertz CT molecular complexity index is 253. The maximum absolute atomic E-state index is 9.87. The van der Waals surface area contributed by atoms with Gasteiger partial charge in [-0.15, -0.1) is 6.58 Å². The molecule has 0 aromatic heterocycles. The SMILES string of the molecule is C=CC[C@H](C)[C@@H](O)c1ccccc1. The van der Waals surface area contributed by atoms with Gasteiger partial charge in [-0.05, 0) is 17.9 Å². The van der Waals surface area contributed by atoms with E-state index in [1.807, 2.05) is 43.3 Å². The Kier molecular flexibility index (Phi) is 3.71. The predicted octanol–water partition coefficient (Wildman–Crippen LogP) is 2.93. The van der Waals surface area contributed by atoms with Crippen molar-refractivity contribution >= 4 is 0 Å². The number of allylic oxidation sites excluding steroid dienone is 1.